The summed E-state index contributed by atoms with van der Waals surface area (Å²) in [7, 11) is -3.20. The van der Waals surface area contributed by atoms with E-state index < -0.39 is 9.84 Å². The second-order valence-electron chi connectivity index (χ2n) is 6.63. The highest BCUT2D eigenvalue weighted by Crippen LogP contribution is 2.29. The standard InChI is InChI=1S/C22H19NO3S/c1-16-13-22(18-5-3-17(4-6-18)19-11-12-26-15-19)23(14-16)20-7-9-21(10-8-20)27(2,24)25/h3-15H,1-2H3. The Hall–Kier alpha value is -3.05. The number of hydrogen-bond donors (Lipinski definition) is 0. The minimum atomic E-state index is -3.20. The molecule has 0 atom stereocenters. The molecule has 0 N–H and O–H groups in total. The van der Waals surface area contributed by atoms with Crippen LogP contribution in [-0.2, 0) is 9.84 Å². The Morgan fingerprint density at radius 1 is 0.852 bits per heavy atom. The van der Waals surface area contributed by atoms with Crippen molar-refractivity contribution in [1.82, 2.24) is 4.57 Å². The monoisotopic (exact) mass is 377 g/mol. The number of aryl methyl sites for hydroxylation is 1. The molecule has 136 valence electrons. The molecule has 5 heteroatoms. The number of sulfone groups is 1. The molecule has 0 aliphatic carbocycles. The fourth-order valence-corrected chi connectivity index (χ4v) is 3.78. The molecule has 0 fully saturated rings. The summed E-state index contributed by atoms with van der Waals surface area (Å²) >= 11 is 0. The third-order valence-corrected chi connectivity index (χ3v) is 5.66. The lowest BCUT2D eigenvalue weighted by Gasteiger charge is -2.11. The van der Waals surface area contributed by atoms with Gasteiger partial charge in [-0.25, -0.2) is 8.42 Å². The number of rotatable bonds is 4. The Morgan fingerprint density at radius 3 is 2.11 bits per heavy atom. The van der Waals surface area contributed by atoms with Crippen LogP contribution in [0.3, 0.4) is 0 Å². The smallest absolute Gasteiger partial charge is 0.175 e. The van der Waals surface area contributed by atoms with Crippen LogP contribution in [0.4, 0.5) is 0 Å². The zero-order valence-electron chi connectivity index (χ0n) is 15.1. The molecule has 0 bridgehead atoms. The molecular weight excluding hydrogens is 358 g/mol. The van der Waals surface area contributed by atoms with E-state index in [4.69, 9.17) is 4.42 Å². The van der Waals surface area contributed by atoms with Crippen molar-refractivity contribution in [2.45, 2.75) is 11.8 Å². The molecule has 0 aliphatic heterocycles. The minimum Gasteiger partial charge on any atom is -0.472 e. The molecule has 0 amide bonds. The van der Waals surface area contributed by atoms with Gasteiger partial charge in [0.05, 0.1) is 23.1 Å². The molecule has 0 saturated heterocycles. The second-order valence-corrected chi connectivity index (χ2v) is 8.64. The van der Waals surface area contributed by atoms with E-state index in [1.807, 2.05) is 25.1 Å². The Bertz CT molecular complexity index is 1170. The van der Waals surface area contributed by atoms with E-state index in [0.717, 1.165) is 33.6 Å². The van der Waals surface area contributed by atoms with Gasteiger partial charge < -0.3 is 8.98 Å². The summed E-state index contributed by atoms with van der Waals surface area (Å²) in [6.07, 6.45) is 6.66. The quantitative estimate of drug-likeness (QED) is 0.496. The van der Waals surface area contributed by atoms with Crippen LogP contribution in [0.1, 0.15) is 5.56 Å². The van der Waals surface area contributed by atoms with Crippen LogP contribution in [0.2, 0.25) is 0 Å². The highest BCUT2D eigenvalue weighted by atomic mass is 32.2. The van der Waals surface area contributed by atoms with E-state index in [1.165, 1.54) is 6.26 Å². The fourth-order valence-electron chi connectivity index (χ4n) is 3.15. The summed E-state index contributed by atoms with van der Waals surface area (Å²) in [5.74, 6) is 0. The average molecular weight is 377 g/mol. The lowest BCUT2D eigenvalue weighted by Crippen LogP contribution is -1.99. The maximum Gasteiger partial charge on any atom is 0.175 e. The van der Waals surface area contributed by atoms with Crippen molar-refractivity contribution in [2.75, 3.05) is 6.26 Å². The van der Waals surface area contributed by atoms with Gasteiger partial charge in [0.25, 0.3) is 0 Å². The summed E-state index contributed by atoms with van der Waals surface area (Å²) in [6, 6.07) is 19.3. The van der Waals surface area contributed by atoms with Crippen LogP contribution in [0.25, 0.3) is 28.1 Å². The van der Waals surface area contributed by atoms with Crippen molar-refractivity contribution in [3.8, 4) is 28.1 Å². The zero-order valence-corrected chi connectivity index (χ0v) is 15.9. The SMILES string of the molecule is Cc1cc(-c2ccc(-c3ccoc3)cc2)n(-c2ccc(S(C)(=O)=O)cc2)c1. The predicted molar refractivity (Wildman–Crippen MR) is 107 cm³/mol. The van der Waals surface area contributed by atoms with Crippen molar-refractivity contribution in [1.29, 1.82) is 0 Å². The third-order valence-electron chi connectivity index (χ3n) is 4.53. The van der Waals surface area contributed by atoms with E-state index in [1.54, 1.807) is 24.7 Å². The lowest BCUT2D eigenvalue weighted by molar-refractivity contribution is 0.568. The first kappa shape index (κ1) is 17.4. The topological polar surface area (TPSA) is 52.2 Å². The first-order valence-electron chi connectivity index (χ1n) is 8.54. The largest absolute Gasteiger partial charge is 0.472 e. The van der Waals surface area contributed by atoms with E-state index in [2.05, 4.69) is 41.1 Å². The van der Waals surface area contributed by atoms with Crippen LogP contribution >= 0.6 is 0 Å². The van der Waals surface area contributed by atoms with Crippen LogP contribution in [0, 0.1) is 6.92 Å². The van der Waals surface area contributed by atoms with E-state index in [-0.39, 0.29) is 0 Å². The fraction of sp³-hybridized carbons (Fsp3) is 0.0909. The van der Waals surface area contributed by atoms with Gasteiger partial charge in [-0.2, -0.15) is 0 Å². The lowest BCUT2D eigenvalue weighted by atomic mass is 10.0. The molecule has 0 spiro atoms. The first-order valence-corrected chi connectivity index (χ1v) is 10.4. The maximum atomic E-state index is 11.7. The van der Waals surface area contributed by atoms with Crippen LogP contribution < -0.4 is 0 Å². The zero-order chi connectivity index (χ0) is 19.0. The summed E-state index contributed by atoms with van der Waals surface area (Å²) < 4.78 is 30.6. The van der Waals surface area contributed by atoms with Gasteiger partial charge in [-0.1, -0.05) is 24.3 Å². The van der Waals surface area contributed by atoms with Gasteiger partial charge in [0.15, 0.2) is 9.84 Å². The van der Waals surface area contributed by atoms with E-state index >= 15 is 0 Å². The number of furan rings is 1. The molecule has 4 nitrogen and oxygen atoms in total. The van der Waals surface area contributed by atoms with Gasteiger partial charge in [-0.05, 0) is 60.0 Å². The molecule has 2 heterocycles. The summed E-state index contributed by atoms with van der Waals surface area (Å²) in [4.78, 5) is 0.321. The van der Waals surface area contributed by atoms with Gasteiger partial charge >= 0.3 is 0 Å². The maximum absolute atomic E-state index is 11.7. The average Bonchev–Trinajstić information content (AvgIpc) is 3.31. The van der Waals surface area contributed by atoms with Crippen molar-refractivity contribution < 1.29 is 12.8 Å². The third kappa shape index (κ3) is 3.46. The Labute approximate surface area is 158 Å². The number of nitrogens with zero attached hydrogens (tertiary/aromatic N) is 1. The molecule has 2 aromatic heterocycles. The minimum absolute atomic E-state index is 0.321. The molecule has 4 rings (SSSR count). The Kier molecular flexibility index (Phi) is 4.24. The van der Waals surface area contributed by atoms with E-state index in [9.17, 15) is 8.42 Å². The van der Waals surface area contributed by atoms with Gasteiger partial charge in [-0.15, -0.1) is 0 Å². The highest BCUT2D eigenvalue weighted by Gasteiger charge is 2.11. The Morgan fingerprint density at radius 2 is 1.52 bits per heavy atom. The summed E-state index contributed by atoms with van der Waals surface area (Å²) in [6.45, 7) is 2.05. The van der Waals surface area contributed by atoms with Crippen LogP contribution in [-0.4, -0.2) is 19.2 Å². The Balaban J connectivity index is 1.73. The van der Waals surface area contributed by atoms with Gasteiger partial charge in [0.1, 0.15) is 0 Å². The molecule has 0 radical (unpaired) electrons. The molecule has 2 aromatic carbocycles. The van der Waals surface area contributed by atoms with Crippen molar-refractivity contribution in [2.24, 2.45) is 0 Å². The molecule has 0 unspecified atom stereocenters. The van der Waals surface area contributed by atoms with Gasteiger partial charge in [0, 0.05) is 23.7 Å². The van der Waals surface area contributed by atoms with E-state index in [0.29, 0.717) is 4.90 Å². The summed E-state index contributed by atoms with van der Waals surface area (Å²) in [5, 5.41) is 0. The molecular formula is C22H19NO3S. The molecule has 0 saturated carbocycles. The van der Waals surface area contributed by atoms with Crippen LogP contribution in [0.5, 0.6) is 0 Å². The van der Waals surface area contributed by atoms with Crippen molar-refractivity contribution in [3.63, 3.8) is 0 Å². The normalized spacial score (nSPS) is 11.6. The van der Waals surface area contributed by atoms with Crippen LogP contribution in [0.15, 0.2) is 88.7 Å². The number of aromatic nitrogens is 1. The highest BCUT2D eigenvalue weighted by molar-refractivity contribution is 7.90. The number of hydrogen-bond acceptors (Lipinski definition) is 3. The van der Waals surface area contributed by atoms with Crippen molar-refractivity contribution in [3.05, 3.63) is 85.0 Å². The molecule has 27 heavy (non-hydrogen) atoms. The van der Waals surface area contributed by atoms with Crippen molar-refractivity contribution >= 4 is 9.84 Å². The molecule has 0 aliphatic rings. The predicted octanol–water partition coefficient (Wildman–Crippen LogP) is 5.12. The first-order chi connectivity index (χ1) is 12.9. The van der Waals surface area contributed by atoms with Gasteiger partial charge in [0.2, 0.25) is 0 Å². The summed E-state index contributed by atoms with van der Waals surface area (Å²) in [5.41, 5.74) is 6.34. The van der Waals surface area contributed by atoms with Gasteiger partial charge in [-0.3, -0.25) is 0 Å². The molecule has 4 aromatic rings. The second kappa shape index (κ2) is 6.59. The number of benzene rings is 2.